The SMILES string of the molecule is CCCCNc1cccc(C(=O)OCCNCC(C)C)c1.Cl. The van der Waals surface area contributed by atoms with E-state index < -0.39 is 0 Å². The molecule has 0 bridgehead atoms. The van der Waals surface area contributed by atoms with Gasteiger partial charge in [-0.3, -0.25) is 0 Å². The van der Waals surface area contributed by atoms with Crippen LogP contribution in [0.2, 0.25) is 0 Å². The van der Waals surface area contributed by atoms with Crippen LogP contribution in [0.15, 0.2) is 24.3 Å². The lowest BCUT2D eigenvalue weighted by Crippen LogP contribution is -2.25. The molecule has 0 saturated carbocycles. The van der Waals surface area contributed by atoms with E-state index in [0.717, 1.165) is 31.6 Å². The number of halogens is 1. The molecule has 4 nitrogen and oxygen atoms in total. The molecule has 0 amide bonds. The number of ether oxygens (including phenoxy) is 1. The lowest BCUT2D eigenvalue weighted by atomic mass is 10.2. The molecule has 0 radical (unpaired) electrons. The summed E-state index contributed by atoms with van der Waals surface area (Å²) in [6, 6.07) is 7.48. The van der Waals surface area contributed by atoms with Crippen molar-refractivity contribution in [2.24, 2.45) is 5.92 Å². The zero-order chi connectivity index (χ0) is 15.5. The Morgan fingerprint density at radius 1 is 1.27 bits per heavy atom. The molecule has 1 aromatic carbocycles. The summed E-state index contributed by atoms with van der Waals surface area (Å²) in [5, 5.41) is 6.56. The number of carbonyl (C=O) groups excluding carboxylic acids is 1. The van der Waals surface area contributed by atoms with Crippen molar-refractivity contribution in [3.63, 3.8) is 0 Å². The van der Waals surface area contributed by atoms with Gasteiger partial charge < -0.3 is 15.4 Å². The fourth-order valence-electron chi connectivity index (χ4n) is 1.86. The van der Waals surface area contributed by atoms with Crippen LogP contribution in [0, 0.1) is 5.92 Å². The van der Waals surface area contributed by atoms with Crippen molar-refractivity contribution in [1.82, 2.24) is 5.32 Å². The number of benzene rings is 1. The van der Waals surface area contributed by atoms with E-state index in [1.54, 1.807) is 6.07 Å². The molecule has 0 aliphatic heterocycles. The van der Waals surface area contributed by atoms with E-state index in [9.17, 15) is 4.79 Å². The highest BCUT2D eigenvalue weighted by Crippen LogP contribution is 2.11. The quantitative estimate of drug-likeness (QED) is 0.507. The average molecular weight is 329 g/mol. The lowest BCUT2D eigenvalue weighted by molar-refractivity contribution is 0.0508. The molecule has 0 unspecified atom stereocenters. The van der Waals surface area contributed by atoms with Crippen LogP contribution < -0.4 is 10.6 Å². The molecule has 0 saturated heterocycles. The smallest absolute Gasteiger partial charge is 0.338 e. The van der Waals surface area contributed by atoms with E-state index in [-0.39, 0.29) is 18.4 Å². The van der Waals surface area contributed by atoms with Gasteiger partial charge in [0, 0.05) is 18.8 Å². The number of hydrogen-bond donors (Lipinski definition) is 2. The zero-order valence-electron chi connectivity index (χ0n) is 13.9. The largest absolute Gasteiger partial charge is 0.461 e. The van der Waals surface area contributed by atoms with Crippen LogP contribution >= 0.6 is 12.4 Å². The van der Waals surface area contributed by atoms with E-state index in [1.165, 1.54) is 0 Å². The van der Waals surface area contributed by atoms with Crippen LogP contribution in [-0.4, -0.2) is 32.2 Å². The number of hydrogen-bond acceptors (Lipinski definition) is 4. The second kappa shape index (κ2) is 12.3. The van der Waals surface area contributed by atoms with Crippen LogP contribution in [0.5, 0.6) is 0 Å². The van der Waals surface area contributed by atoms with Gasteiger partial charge in [0.1, 0.15) is 6.61 Å². The van der Waals surface area contributed by atoms with Gasteiger partial charge in [-0.2, -0.15) is 0 Å². The van der Waals surface area contributed by atoms with Gasteiger partial charge in [-0.25, -0.2) is 4.79 Å². The predicted octanol–water partition coefficient (Wildman–Crippen LogP) is 3.72. The first kappa shape index (κ1) is 20.7. The van der Waals surface area contributed by atoms with Crippen molar-refractivity contribution < 1.29 is 9.53 Å². The first-order chi connectivity index (χ1) is 10.1. The van der Waals surface area contributed by atoms with Crippen molar-refractivity contribution >= 4 is 24.1 Å². The zero-order valence-corrected chi connectivity index (χ0v) is 14.7. The summed E-state index contributed by atoms with van der Waals surface area (Å²) in [5.41, 5.74) is 1.57. The van der Waals surface area contributed by atoms with Gasteiger partial charge in [-0.1, -0.05) is 33.3 Å². The number of rotatable bonds is 10. The molecule has 1 aromatic rings. The number of anilines is 1. The van der Waals surface area contributed by atoms with E-state index in [4.69, 9.17) is 4.74 Å². The van der Waals surface area contributed by atoms with Crippen molar-refractivity contribution in [3.8, 4) is 0 Å². The summed E-state index contributed by atoms with van der Waals surface area (Å²) in [6.07, 6.45) is 2.27. The van der Waals surface area contributed by atoms with Crippen LogP contribution in [0.25, 0.3) is 0 Å². The van der Waals surface area contributed by atoms with Crippen LogP contribution in [0.1, 0.15) is 44.0 Å². The monoisotopic (exact) mass is 328 g/mol. The second-order valence-corrected chi connectivity index (χ2v) is 5.60. The fourth-order valence-corrected chi connectivity index (χ4v) is 1.86. The molecule has 0 aliphatic carbocycles. The number of nitrogens with one attached hydrogen (secondary N) is 2. The molecule has 5 heteroatoms. The van der Waals surface area contributed by atoms with Gasteiger partial charge >= 0.3 is 5.97 Å². The first-order valence-corrected chi connectivity index (χ1v) is 7.85. The molecule has 0 heterocycles. The molecule has 0 aromatic heterocycles. The van der Waals surface area contributed by atoms with Crippen LogP contribution in [0.3, 0.4) is 0 Å². The Kier molecular flexibility index (Phi) is 11.6. The van der Waals surface area contributed by atoms with Crippen molar-refractivity contribution in [2.45, 2.75) is 33.6 Å². The van der Waals surface area contributed by atoms with Crippen LogP contribution in [-0.2, 0) is 4.74 Å². The summed E-state index contributed by atoms with van der Waals surface area (Å²) >= 11 is 0. The second-order valence-electron chi connectivity index (χ2n) is 5.60. The molecular weight excluding hydrogens is 300 g/mol. The molecular formula is C17H29ClN2O2. The minimum absolute atomic E-state index is 0. The maximum Gasteiger partial charge on any atom is 0.338 e. The Hall–Kier alpha value is -1.26. The highest BCUT2D eigenvalue weighted by molar-refractivity contribution is 5.90. The molecule has 0 fully saturated rings. The number of carbonyl (C=O) groups is 1. The Morgan fingerprint density at radius 2 is 2.05 bits per heavy atom. The van der Waals surface area contributed by atoms with E-state index in [2.05, 4.69) is 31.4 Å². The third-order valence-corrected chi connectivity index (χ3v) is 3.02. The van der Waals surface area contributed by atoms with Gasteiger partial charge in [0.2, 0.25) is 0 Å². The Morgan fingerprint density at radius 3 is 2.73 bits per heavy atom. The Balaban J connectivity index is 0.00000441. The third kappa shape index (κ3) is 8.90. The maximum absolute atomic E-state index is 11.9. The molecule has 0 aliphatic rings. The molecule has 1 rings (SSSR count). The lowest BCUT2D eigenvalue weighted by Gasteiger charge is -2.09. The predicted molar refractivity (Wildman–Crippen MR) is 95.1 cm³/mol. The van der Waals surface area contributed by atoms with Crippen molar-refractivity contribution in [2.75, 3.05) is 31.6 Å². The van der Waals surface area contributed by atoms with Crippen LogP contribution in [0.4, 0.5) is 5.69 Å². The highest BCUT2D eigenvalue weighted by Gasteiger charge is 2.07. The number of esters is 1. The Labute approximate surface area is 140 Å². The maximum atomic E-state index is 11.9. The molecule has 126 valence electrons. The normalized spacial score (nSPS) is 10.2. The minimum atomic E-state index is -0.263. The van der Waals surface area contributed by atoms with Gasteiger partial charge in [0.15, 0.2) is 0 Å². The van der Waals surface area contributed by atoms with E-state index in [0.29, 0.717) is 24.6 Å². The van der Waals surface area contributed by atoms with Crippen molar-refractivity contribution in [1.29, 1.82) is 0 Å². The summed E-state index contributed by atoms with van der Waals surface area (Å²) in [6.45, 7) is 9.41. The summed E-state index contributed by atoms with van der Waals surface area (Å²) in [7, 11) is 0. The van der Waals surface area contributed by atoms with Gasteiger partial charge in [0.25, 0.3) is 0 Å². The van der Waals surface area contributed by atoms with E-state index >= 15 is 0 Å². The number of unbranched alkanes of at least 4 members (excludes halogenated alkanes) is 1. The first-order valence-electron chi connectivity index (χ1n) is 7.85. The minimum Gasteiger partial charge on any atom is -0.461 e. The molecule has 2 N–H and O–H groups in total. The van der Waals surface area contributed by atoms with Crippen molar-refractivity contribution in [3.05, 3.63) is 29.8 Å². The van der Waals surface area contributed by atoms with Gasteiger partial charge in [-0.05, 0) is 37.1 Å². The molecule has 0 atom stereocenters. The fraction of sp³-hybridized carbons (Fsp3) is 0.588. The Bertz CT molecular complexity index is 425. The standard InChI is InChI=1S/C17H28N2O2.ClH/c1-4-5-9-19-16-8-6-7-15(12-16)17(20)21-11-10-18-13-14(2)3;/h6-8,12,14,18-19H,4-5,9-11,13H2,1-3H3;1H. The van der Waals surface area contributed by atoms with Gasteiger partial charge in [-0.15, -0.1) is 12.4 Å². The summed E-state index contributed by atoms with van der Waals surface area (Å²) < 4.78 is 5.26. The average Bonchev–Trinajstić information content (AvgIpc) is 2.47. The summed E-state index contributed by atoms with van der Waals surface area (Å²) in [5.74, 6) is 0.340. The topological polar surface area (TPSA) is 50.4 Å². The summed E-state index contributed by atoms with van der Waals surface area (Å²) in [4.78, 5) is 11.9. The van der Waals surface area contributed by atoms with E-state index in [1.807, 2.05) is 18.2 Å². The molecule has 22 heavy (non-hydrogen) atoms. The third-order valence-electron chi connectivity index (χ3n) is 3.02. The van der Waals surface area contributed by atoms with Gasteiger partial charge in [0.05, 0.1) is 5.56 Å². The molecule has 0 spiro atoms. The highest BCUT2D eigenvalue weighted by atomic mass is 35.5.